The number of unbranched alkanes of at least 4 members (excludes halogenated alkanes) is 6. The lowest BCUT2D eigenvalue weighted by Crippen LogP contribution is -2.08. The summed E-state index contributed by atoms with van der Waals surface area (Å²) in [6.45, 7) is 0.270. The minimum Gasteiger partial charge on any atom is -0.495 e. The predicted molar refractivity (Wildman–Crippen MR) is 130 cm³/mol. The van der Waals surface area contributed by atoms with Crippen molar-refractivity contribution in [2.24, 2.45) is 0 Å². The van der Waals surface area contributed by atoms with Gasteiger partial charge >= 0.3 is 11.9 Å². The van der Waals surface area contributed by atoms with Crippen LogP contribution in [0.2, 0.25) is 0 Å². The molecule has 0 radical (unpaired) electrons. The van der Waals surface area contributed by atoms with Crippen molar-refractivity contribution < 1.29 is 24.2 Å². The fourth-order valence-corrected chi connectivity index (χ4v) is 6.71. The lowest BCUT2D eigenvalue weighted by molar-refractivity contribution is -0.145. The zero-order valence-electron chi connectivity index (χ0n) is 15.4. The fraction of sp³-hybridized carbons (Fsp3) is 0.579. The first-order valence-corrected chi connectivity index (χ1v) is 12.2. The largest absolute Gasteiger partial charge is 0.495 e. The third-order valence-corrected chi connectivity index (χ3v) is 6.98. The van der Waals surface area contributed by atoms with Crippen LogP contribution in [0.4, 0.5) is 0 Å². The first kappa shape index (κ1) is 25.2. The topological polar surface area (TPSA) is 72.8 Å². The molecule has 0 amide bonds. The van der Waals surface area contributed by atoms with E-state index in [1.807, 2.05) is 6.07 Å². The Morgan fingerprint density at radius 2 is 1.48 bits per heavy atom. The van der Waals surface area contributed by atoms with Gasteiger partial charge in [0.1, 0.15) is 12.4 Å². The van der Waals surface area contributed by atoms with Gasteiger partial charge in [-0.25, -0.2) is 0 Å². The van der Waals surface area contributed by atoms with Crippen LogP contribution in [0.25, 0.3) is 0 Å². The molecule has 0 fully saturated rings. The van der Waals surface area contributed by atoms with Crippen LogP contribution in [0.3, 0.4) is 0 Å². The van der Waals surface area contributed by atoms with Crippen LogP contribution >= 0.6 is 67.8 Å². The quantitative estimate of drug-likeness (QED) is 0.151. The number of aliphatic carboxylic acids is 1. The van der Waals surface area contributed by atoms with Crippen molar-refractivity contribution in [2.45, 2.75) is 64.4 Å². The Balaban J connectivity index is 2.22. The maximum atomic E-state index is 12.0. The average Bonchev–Trinajstić information content (AvgIpc) is 2.59. The van der Waals surface area contributed by atoms with E-state index in [0.29, 0.717) is 6.42 Å². The van der Waals surface area contributed by atoms with Gasteiger partial charge in [0.15, 0.2) is 0 Å². The number of benzene rings is 1. The highest BCUT2D eigenvalue weighted by molar-refractivity contribution is 14.1. The molecule has 0 aliphatic carbocycles. The predicted octanol–water partition coefficient (Wildman–Crippen LogP) is 6.15. The van der Waals surface area contributed by atoms with Gasteiger partial charge in [-0.2, -0.15) is 0 Å². The molecule has 0 aliphatic rings. The Kier molecular flexibility index (Phi) is 13.2. The molecule has 1 aromatic rings. The van der Waals surface area contributed by atoms with Crippen LogP contribution < -0.4 is 4.74 Å². The van der Waals surface area contributed by atoms with Crippen LogP contribution in [0.15, 0.2) is 6.07 Å². The first-order valence-electron chi connectivity index (χ1n) is 8.94. The Hall–Kier alpha value is 0.150. The molecule has 0 saturated heterocycles. The number of halogens is 3. The number of hydrogen-bond donors (Lipinski definition) is 1. The van der Waals surface area contributed by atoms with Gasteiger partial charge in [0.2, 0.25) is 0 Å². The maximum absolute atomic E-state index is 12.0. The number of hydrogen-bond acceptors (Lipinski definition) is 4. The zero-order valence-corrected chi connectivity index (χ0v) is 21.8. The van der Waals surface area contributed by atoms with Gasteiger partial charge < -0.3 is 14.6 Å². The molecular formula is C19H25I3O5. The van der Waals surface area contributed by atoms with E-state index in [-0.39, 0.29) is 19.0 Å². The van der Waals surface area contributed by atoms with Crippen molar-refractivity contribution in [1.29, 1.82) is 0 Å². The second-order valence-corrected chi connectivity index (χ2v) is 9.60. The molecule has 1 N–H and O–H groups in total. The van der Waals surface area contributed by atoms with Gasteiger partial charge in [-0.1, -0.05) is 32.1 Å². The molecule has 0 heterocycles. The Morgan fingerprint density at radius 3 is 2.04 bits per heavy atom. The second-order valence-electron chi connectivity index (χ2n) is 6.20. The van der Waals surface area contributed by atoms with E-state index in [0.717, 1.165) is 67.0 Å². The number of methoxy groups -OCH3 is 1. The molecule has 152 valence electrons. The van der Waals surface area contributed by atoms with E-state index in [9.17, 15) is 9.59 Å². The first-order chi connectivity index (χ1) is 12.9. The molecule has 8 heteroatoms. The molecular weight excluding hydrogens is 689 g/mol. The average molecular weight is 714 g/mol. The van der Waals surface area contributed by atoms with Crippen LogP contribution in [0.1, 0.15) is 63.4 Å². The summed E-state index contributed by atoms with van der Waals surface area (Å²) in [6, 6.07) is 2.03. The van der Waals surface area contributed by atoms with Crippen LogP contribution in [0.5, 0.6) is 5.75 Å². The van der Waals surface area contributed by atoms with Crippen molar-refractivity contribution in [3.8, 4) is 5.75 Å². The summed E-state index contributed by atoms with van der Waals surface area (Å²) in [5.41, 5.74) is 0.989. The van der Waals surface area contributed by atoms with Crippen LogP contribution in [-0.2, 0) is 20.9 Å². The number of carboxylic acid groups (broad SMARTS) is 1. The maximum Gasteiger partial charge on any atom is 0.306 e. The van der Waals surface area contributed by atoms with Crippen molar-refractivity contribution in [3.05, 3.63) is 22.3 Å². The van der Waals surface area contributed by atoms with Crippen molar-refractivity contribution in [2.75, 3.05) is 7.11 Å². The highest BCUT2D eigenvalue weighted by atomic mass is 127. The number of carboxylic acids is 1. The van der Waals surface area contributed by atoms with Crippen molar-refractivity contribution in [1.82, 2.24) is 0 Å². The van der Waals surface area contributed by atoms with E-state index >= 15 is 0 Å². The highest BCUT2D eigenvalue weighted by Gasteiger charge is 2.16. The molecule has 0 aliphatic heterocycles. The standard InChI is InChI=1S/C19H25I3O5/c1-26-19-15(21)11-14(20)13(18(19)22)12-27-17(25)10-8-6-4-2-3-5-7-9-16(23)24/h11H,2-10,12H2,1H3,(H,23,24). The van der Waals surface area contributed by atoms with E-state index in [1.165, 1.54) is 0 Å². The summed E-state index contributed by atoms with van der Waals surface area (Å²) in [6.07, 6.45) is 7.47. The molecule has 0 saturated carbocycles. The summed E-state index contributed by atoms with van der Waals surface area (Å²) < 4.78 is 14.0. The third kappa shape index (κ3) is 9.95. The van der Waals surface area contributed by atoms with Crippen molar-refractivity contribution in [3.63, 3.8) is 0 Å². The molecule has 0 spiro atoms. The second kappa shape index (κ2) is 14.2. The van der Waals surface area contributed by atoms with Gasteiger partial charge in [0.05, 0.1) is 14.3 Å². The molecule has 0 unspecified atom stereocenters. The van der Waals surface area contributed by atoms with Crippen LogP contribution in [0, 0.1) is 10.7 Å². The fourth-order valence-electron chi connectivity index (χ4n) is 2.58. The zero-order chi connectivity index (χ0) is 20.2. The summed E-state index contributed by atoms with van der Waals surface area (Å²) in [7, 11) is 1.65. The van der Waals surface area contributed by atoms with Crippen LogP contribution in [-0.4, -0.2) is 24.2 Å². The molecule has 0 atom stereocenters. The molecule has 1 rings (SSSR count). The van der Waals surface area contributed by atoms with Gasteiger partial charge in [0, 0.05) is 22.0 Å². The number of esters is 1. The number of carbonyl (C=O) groups is 2. The Labute approximate surface area is 201 Å². The number of carbonyl (C=O) groups excluding carboxylic acids is 1. The van der Waals surface area contributed by atoms with E-state index in [4.69, 9.17) is 14.6 Å². The van der Waals surface area contributed by atoms with Gasteiger partial charge in [-0.15, -0.1) is 0 Å². The van der Waals surface area contributed by atoms with Gasteiger partial charge in [-0.3, -0.25) is 9.59 Å². The smallest absolute Gasteiger partial charge is 0.306 e. The molecule has 0 aromatic heterocycles. The number of rotatable bonds is 13. The normalized spacial score (nSPS) is 10.7. The molecule has 27 heavy (non-hydrogen) atoms. The molecule has 0 bridgehead atoms. The summed E-state index contributed by atoms with van der Waals surface area (Å²) >= 11 is 6.74. The minimum atomic E-state index is -0.721. The Morgan fingerprint density at radius 1 is 0.926 bits per heavy atom. The van der Waals surface area contributed by atoms with Gasteiger partial charge in [-0.05, 0) is 86.7 Å². The molecule has 5 nitrogen and oxygen atoms in total. The summed E-state index contributed by atoms with van der Waals surface area (Å²) in [5, 5.41) is 8.57. The van der Waals surface area contributed by atoms with Gasteiger partial charge in [0.25, 0.3) is 0 Å². The summed E-state index contributed by atoms with van der Waals surface area (Å²) in [5.74, 6) is -0.0619. The van der Waals surface area contributed by atoms with E-state index < -0.39 is 5.97 Å². The summed E-state index contributed by atoms with van der Waals surface area (Å²) in [4.78, 5) is 22.4. The minimum absolute atomic E-state index is 0.166. The van der Waals surface area contributed by atoms with E-state index in [2.05, 4.69) is 67.8 Å². The monoisotopic (exact) mass is 714 g/mol. The Bertz CT molecular complexity index is 634. The lowest BCUT2D eigenvalue weighted by Gasteiger charge is -2.14. The number of ether oxygens (including phenoxy) is 2. The SMILES string of the molecule is COc1c(I)cc(I)c(COC(=O)CCCCCCCCCC(=O)O)c1I. The van der Waals surface area contributed by atoms with Crippen molar-refractivity contribution >= 4 is 79.7 Å². The lowest BCUT2D eigenvalue weighted by atomic mass is 10.1. The molecule has 1 aromatic carbocycles. The van der Waals surface area contributed by atoms with E-state index in [1.54, 1.807) is 7.11 Å². The highest BCUT2D eigenvalue weighted by Crippen LogP contribution is 2.33. The third-order valence-electron chi connectivity index (χ3n) is 4.08.